The van der Waals surface area contributed by atoms with Crippen molar-refractivity contribution in [3.05, 3.63) is 48.7 Å². The molecule has 2 aliphatic rings. The highest BCUT2D eigenvalue weighted by atomic mass is 32.2. The Morgan fingerprint density at radius 2 is 1.78 bits per heavy atom. The van der Waals surface area contributed by atoms with Crippen LogP contribution in [0.4, 0.5) is 16.0 Å². The predicted octanol–water partition coefficient (Wildman–Crippen LogP) is 2.10. The summed E-state index contributed by atoms with van der Waals surface area (Å²) in [5.74, 6) is -0.0802. The lowest BCUT2D eigenvalue weighted by Gasteiger charge is -2.36. The Labute approximate surface area is 209 Å². The van der Waals surface area contributed by atoms with E-state index in [2.05, 4.69) is 25.3 Å². The zero-order chi connectivity index (χ0) is 25.4. The van der Waals surface area contributed by atoms with E-state index in [9.17, 15) is 17.6 Å². The van der Waals surface area contributed by atoms with E-state index in [4.69, 9.17) is 0 Å². The number of amides is 1. The molecule has 0 saturated carbocycles. The van der Waals surface area contributed by atoms with Crippen LogP contribution in [0.5, 0.6) is 0 Å². The number of benzene rings is 1. The molecule has 2 aromatic heterocycles. The summed E-state index contributed by atoms with van der Waals surface area (Å²) in [6.45, 7) is 2.07. The molecule has 12 heteroatoms. The third-order valence-electron chi connectivity index (χ3n) is 6.88. The monoisotopic (exact) mass is 513 g/mol. The summed E-state index contributed by atoms with van der Waals surface area (Å²) in [5, 5.41) is 7.14. The predicted molar refractivity (Wildman–Crippen MR) is 133 cm³/mol. The van der Waals surface area contributed by atoms with Crippen molar-refractivity contribution in [3.8, 4) is 11.3 Å². The number of likely N-dealkylation sites (tertiary alicyclic amines) is 1. The van der Waals surface area contributed by atoms with E-state index >= 15 is 0 Å². The van der Waals surface area contributed by atoms with Gasteiger partial charge in [0.25, 0.3) is 0 Å². The van der Waals surface area contributed by atoms with Crippen LogP contribution in [-0.2, 0) is 21.7 Å². The number of carbonyl (C=O) groups is 1. The lowest BCUT2D eigenvalue weighted by atomic mass is 10.0. The number of nitrogens with zero attached hydrogens (tertiary/aromatic N) is 6. The number of aromatic nitrogens is 4. The van der Waals surface area contributed by atoms with Crippen LogP contribution in [0.1, 0.15) is 19.3 Å². The van der Waals surface area contributed by atoms with Gasteiger partial charge in [-0.25, -0.2) is 22.8 Å². The van der Waals surface area contributed by atoms with Crippen molar-refractivity contribution >= 4 is 27.4 Å². The molecule has 2 saturated heterocycles. The van der Waals surface area contributed by atoms with Gasteiger partial charge in [0, 0.05) is 63.1 Å². The number of halogens is 1. The van der Waals surface area contributed by atoms with Crippen molar-refractivity contribution in [3.63, 3.8) is 0 Å². The highest BCUT2D eigenvalue weighted by Crippen LogP contribution is 2.27. The average Bonchev–Trinajstić information content (AvgIpc) is 3.45. The first-order valence-electron chi connectivity index (χ1n) is 11.8. The number of carbonyl (C=O) groups excluding carboxylic acids is 1. The Kier molecular flexibility index (Phi) is 6.37. The van der Waals surface area contributed by atoms with Crippen molar-refractivity contribution in [2.75, 3.05) is 36.1 Å². The first-order chi connectivity index (χ1) is 17.2. The third-order valence-corrected chi connectivity index (χ3v) is 7.99. The molecule has 0 aliphatic carbocycles. The summed E-state index contributed by atoms with van der Waals surface area (Å²) in [6, 6.07) is 5.18. The highest BCUT2D eigenvalue weighted by Gasteiger charge is 2.37. The number of hydrogen-bond acceptors (Lipinski definition) is 8. The molecule has 0 bridgehead atoms. The summed E-state index contributed by atoms with van der Waals surface area (Å²) in [6.07, 6.45) is 8.51. The molecule has 1 amide bonds. The number of sulfone groups is 1. The minimum Gasteiger partial charge on any atom is -0.371 e. The number of piperidine rings is 1. The molecule has 10 nitrogen and oxygen atoms in total. The van der Waals surface area contributed by atoms with Gasteiger partial charge in [-0.1, -0.05) is 0 Å². The lowest BCUT2D eigenvalue weighted by Crippen LogP contribution is -2.47. The van der Waals surface area contributed by atoms with Gasteiger partial charge >= 0.3 is 0 Å². The van der Waals surface area contributed by atoms with Gasteiger partial charge in [-0.05, 0) is 43.5 Å². The molecule has 1 N–H and O–H groups in total. The van der Waals surface area contributed by atoms with Crippen LogP contribution < -0.4 is 10.2 Å². The van der Waals surface area contributed by atoms with Crippen LogP contribution in [0, 0.1) is 5.82 Å². The first-order valence-corrected chi connectivity index (χ1v) is 13.7. The smallest absolute Gasteiger partial charge is 0.245 e. The summed E-state index contributed by atoms with van der Waals surface area (Å²) in [7, 11) is -1.63. The number of rotatable bonds is 6. The van der Waals surface area contributed by atoms with Gasteiger partial charge in [0.05, 0.1) is 16.3 Å². The zero-order valence-electron chi connectivity index (χ0n) is 20.1. The van der Waals surface area contributed by atoms with Gasteiger partial charge in [-0.2, -0.15) is 5.10 Å². The van der Waals surface area contributed by atoms with Crippen LogP contribution in [0.3, 0.4) is 0 Å². The molecule has 5 rings (SSSR count). The molecule has 3 aromatic rings. The Morgan fingerprint density at radius 3 is 2.39 bits per heavy atom. The second-order valence-corrected chi connectivity index (χ2v) is 11.3. The summed E-state index contributed by atoms with van der Waals surface area (Å²) >= 11 is 0. The lowest BCUT2D eigenvalue weighted by molar-refractivity contribution is -0.130. The van der Waals surface area contributed by atoms with Crippen molar-refractivity contribution in [2.24, 2.45) is 7.05 Å². The van der Waals surface area contributed by atoms with E-state index < -0.39 is 21.7 Å². The maximum absolute atomic E-state index is 14.5. The Hall–Kier alpha value is -3.54. The second-order valence-electron chi connectivity index (χ2n) is 9.26. The van der Waals surface area contributed by atoms with E-state index in [1.807, 2.05) is 18.0 Å². The van der Waals surface area contributed by atoms with E-state index in [0.717, 1.165) is 49.5 Å². The third kappa shape index (κ3) is 4.77. The van der Waals surface area contributed by atoms with Gasteiger partial charge in [0.2, 0.25) is 11.9 Å². The van der Waals surface area contributed by atoms with Gasteiger partial charge < -0.3 is 15.1 Å². The fraction of sp³-hybridized carbons (Fsp3) is 0.417. The molecule has 0 spiro atoms. The Bertz CT molecular complexity index is 1370. The van der Waals surface area contributed by atoms with Crippen LogP contribution in [0.25, 0.3) is 11.3 Å². The van der Waals surface area contributed by atoms with E-state index in [-0.39, 0.29) is 22.5 Å². The number of aryl methyl sites for hydroxylation is 1. The molecule has 1 atom stereocenters. The van der Waals surface area contributed by atoms with Gasteiger partial charge in [0.15, 0.2) is 9.84 Å². The maximum Gasteiger partial charge on any atom is 0.245 e. The maximum atomic E-state index is 14.5. The number of nitrogens with one attached hydrogen (secondary N) is 1. The van der Waals surface area contributed by atoms with E-state index in [1.165, 1.54) is 12.1 Å². The van der Waals surface area contributed by atoms with Crippen LogP contribution >= 0.6 is 0 Å². The molecule has 4 heterocycles. The summed E-state index contributed by atoms with van der Waals surface area (Å²) < 4.78 is 39.5. The molecule has 190 valence electrons. The van der Waals surface area contributed by atoms with Gasteiger partial charge in [-0.3, -0.25) is 9.48 Å². The molecule has 1 aromatic carbocycles. The number of hydrogen-bond donors (Lipinski definition) is 1. The Morgan fingerprint density at radius 1 is 1.06 bits per heavy atom. The molecule has 0 unspecified atom stereocenters. The summed E-state index contributed by atoms with van der Waals surface area (Å²) in [5.41, 5.74) is 1.98. The quantitative estimate of drug-likeness (QED) is 0.533. The second kappa shape index (κ2) is 9.49. The van der Waals surface area contributed by atoms with Crippen molar-refractivity contribution in [1.82, 2.24) is 24.6 Å². The van der Waals surface area contributed by atoms with Crippen LogP contribution in [0.2, 0.25) is 0 Å². The molecular formula is C24H28FN7O3S. The van der Waals surface area contributed by atoms with Gasteiger partial charge in [-0.15, -0.1) is 0 Å². The van der Waals surface area contributed by atoms with Crippen molar-refractivity contribution in [2.45, 2.75) is 36.2 Å². The van der Waals surface area contributed by atoms with Crippen LogP contribution in [-0.4, -0.2) is 76.9 Å². The molecule has 36 heavy (non-hydrogen) atoms. The molecule has 0 radical (unpaired) electrons. The van der Waals surface area contributed by atoms with E-state index in [1.54, 1.807) is 23.3 Å². The van der Waals surface area contributed by atoms with Gasteiger partial charge in [0.1, 0.15) is 11.9 Å². The van der Waals surface area contributed by atoms with Crippen LogP contribution in [0.15, 0.2) is 47.8 Å². The Balaban J connectivity index is 1.17. The zero-order valence-corrected chi connectivity index (χ0v) is 20.9. The number of anilines is 2. The minimum absolute atomic E-state index is 0.0585. The SMILES string of the molecule is Cn1nccc1-c1cnc(N2CCC(N3CC[C@H](Nc4ccc(S(C)(=O)=O)cc4F)C3=O)CC2)nc1. The first kappa shape index (κ1) is 24.2. The molecule has 2 fully saturated rings. The van der Waals surface area contributed by atoms with Crippen molar-refractivity contribution < 1.29 is 17.6 Å². The minimum atomic E-state index is -3.50. The highest BCUT2D eigenvalue weighted by molar-refractivity contribution is 7.90. The standard InChI is InChI=1S/C24H28FN7O3S/c1-30-22(5-9-28-30)16-14-26-24(27-15-16)31-10-6-17(7-11-31)32-12-8-21(23(32)33)29-20-4-3-18(13-19(20)25)36(2,34)35/h3-5,9,13-15,17,21,29H,6-8,10-12H2,1-2H3/t21-/m0/s1. The molecule has 2 aliphatic heterocycles. The van der Waals surface area contributed by atoms with Crippen molar-refractivity contribution in [1.29, 1.82) is 0 Å². The normalized spacial score (nSPS) is 19.2. The topological polar surface area (TPSA) is 113 Å². The molecular weight excluding hydrogens is 485 g/mol. The average molecular weight is 514 g/mol. The fourth-order valence-corrected chi connectivity index (χ4v) is 5.51. The van der Waals surface area contributed by atoms with E-state index in [0.29, 0.717) is 18.9 Å². The summed E-state index contributed by atoms with van der Waals surface area (Å²) in [4.78, 5) is 26.1. The fourth-order valence-electron chi connectivity index (χ4n) is 4.88. The largest absolute Gasteiger partial charge is 0.371 e.